The minimum Gasteiger partial charge on any atom is -0.355 e. The van der Waals surface area contributed by atoms with Gasteiger partial charge in [0.15, 0.2) is 0 Å². The van der Waals surface area contributed by atoms with Crippen molar-refractivity contribution < 1.29 is 9.18 Å². The van der Waals surface area contributed by atoms with Crippen LogP contribution in [0.15, 0.2) is 48.5 Å². The van der Waals surface area contributed by atoms with Gasteiger partial charge in [-0.25, -0.2) is 4.39 Å². The molecule has 5 heteroatoms. The van der Waals surface area contributed by atoms with Crippen molar-refractivity contribution in [3.63, 3.8) is 0 Å². The van der Waals surface area contributed by atoms with Crippen molar-refractivity contribution in [3.8, 4) is 0 Å². The van der Waals surface area contributed by atoms with Crippen LogP contribution in [0.2, 0.25) is 0 Å². The first kappa shape index (κ1) is 20.9. The van der Waals surface area contributed by atoms with E-state index in [1.807, 2.05) is 23.9 Å². The lowest BCUT2D eigenvalue weighted by atomic mass is 9.96. The molecule has 0 spiro atoms. The average Bonchev–Trinajstić information content (AvgIpc) is 2.71. The summed E-state index contributed by atoms with van der Waals surface area (Å²) in [6, 6.07) is 15.3. The number of nitrogens with one attached hydrogen (secondary N) is 1. The van der Waals surface area contributed by atoms with Crippen LogP contribution in [0.3, 0.4) is 0 Å². The van der Waals surface area contributed by atoms with Crippen molar-refractivity contribution in [2.45, 2.75) is 32.1 Å². The van der Waals surface area contributed by atoms with Crippen LogP contribution in [0.4, 0.5) is 4.39 Å². The first-order valence-corrected chi connectivity index (χ1v) is 11.1. The molecule has 1 saturated heterocycles. The van der Waals surface area contributed by atoms with Crippen molar-refractivity contribution in [3.05, 3.63) is 71.0 Å². The van der Waals surface area contributed by atoms with E-state index in [-0.39, 0.29) is 17.6 Å². The number of piperidine rings is 1. The Kier molecular flexibility index (Phi) is 7.92. The highest BCUT2D eigenvalue weighted by molar-refractivity contribution is 7.98. The summed E-state index contributed by atoms with van der Waals surface area (Å²) in [4.78, 5) is 14.7. The molecule has 1 aliphatic rings. The second-order valence-electron chi connectivity index (χ2n) is 7.44. The highest BCUT2D eigenvalue weighted by Gasteiger charge is 2.25. The number of hydrogen-bond acceptors (Lipinski definition) is 3. The van der Waals surface area contributed by atoms with Crippen LogP contribution >= 0.6 is 11.8 Å². The Morgan fingerprint density at radius 2 is 1.93 bits per heavy atom. The van der Waals surface area contributed by atoms with E-state index >= 15 is 0 Å². The smallest absolute Gasteiger partial charge is 0.224 e. The summed E-state index contributed by atoms with van der Waals surface area (Å²) in [7, 11) is 0. The molecule has 28 heavy (non-hydrogen) atoms. The zero-order valence-electron chi connectivity index (χ0n) is 16.5. The summed E-state index contributed by atoms with van der Waals surface area (Å²) >= 11 is 1.85. The topological polar surface area (TPSA) is 32.3 Å². The quantitative estimate of drug-likeness (QED) is 0.667. The maximum Gasteiger partial charge on any atom is 0.224 e. The summed E-state index contributed by atoms with van der Waals surface area (Å²) in [5.74, 6) is 1.85. The van der Waals surface area contributed by atoms with Gasteiger partial charge in [0.2, 0.25) is 5.91 Å². The summed E-state index contributed by atoms with van der Waals surface area (Å²) in [6.07, 6.45) is 1.89. The normalized spacial score (nSPS) is 17.4. The van der Waals surface area contributed by atoms with Gasteiger partial charge in [0.25, 0.3) is 0 Å². The summed E-state index contributed by atoms with van der Waals surface area (Å²) < 4.78 is 13.9. The molecule has 1 fully saturated rings. The molecule has 0 aliphatic carbocycles. The third-order valence-electron chi connectivity index (χ3n) is 5.29. The maximum absolute atomic E-state index is 13.9. The predicted octanol–water partition coefficient (Wildman–Crippen LogP) is 4.40. The fraction of sp³-hybridized carbons (Fsp3) is 0.435. The van der Waals surface area contributed by atoms with Crippen LogP contribution in [-0.2, 0) is 17.1 Å². The van der Waals surface area contributed by atoms with Gasteiger partial charge in [-0.3, -0.25) is 9.69 Å². The minimum atomic E-state index is -0.167. The first-order valence-electron chi connectivity index (χ1n) is 9.99. The van der Waals surface area contributed by atoms with Gasteiger partial charge in [-0.05, 0) is 43.5 Å². The van der Waals surface area contributed by atoms with E-state index in [0.717, 1.165) is 30.9 Å². The van der Waals surface area contributed by atoms with Crippen molar-refractivity contribution >= 4 is 17.7 Å². The number of carbonyl (C=O) groups is 1. The highest BCUT2D eigenvalue weighted by atomic mass is 32.2. The van der Waals surface area contributed by atoms with Crippen molar-refractivity contribution in [1.29, 1.82) is 0 Å². The van der Waals surface area contributed by atoms with Gasteiger partial charge >= 0.3 is 0 Å². The van der Waals surface area contributed by atoms with E-state index in [1.54, 1.807) is 6.07 Å². The standard InChI is InChI=1S/C23H29FN2OS/c1-18-7-2-3-9-21(18)17-28-14-12-25-23(27)20-10-6-13-26(16-20)15-19-8-4-5-11-22(19)24/h2-5,7-9,11,20H,6,10,12-17H2,1H3,(H,25,27). The van der Waals surface area contributed by atoms with E-state index in [0.29, 0.717) is 25.2 Å². The number of rotatable bonds is 8. The van der Waals surface area contributed by atoms with Crippen molar-refractivity contribution in [1.82, 2.24) is 10.2 Å². The average molecular weight is 401 g/mol. The van der Waals surface area contributed by atoms with Gasteiger partial charge in [-0.1, -0.05) is 42.5 Å². The zero-order valence-corrected chi connectivity index (χ0v) is 17.3. The van der Waals surface area contributed by atoms with Gasteiger partial charge in [0.1, 0.15) is 5.82 Å². The van der Waals surface area contributed by atoms with E-state index in [9.17, 15) is 9.18 Å². The van der Waals surface area contributed by atoms with Crippen LogP contribution in [0.1, 0.15) is 29.5 Å². The lowest BCUT2D eigenvalue weighted by Gasteiger charge is -2.32. The molecule has 1 atom stereocenters. The molecule has 0 saturated carbocycles. The lowest BCUT2D eigenvalue weighted by Crippen LogP contribution is -2.43. The molecule has 1 aliphatic heterocycles. The molecule has 1 heterocycles. The largest absolute Gasteiger partial charge is 0.355 e. The minimum absolute atomic E-state index is 0.00175. The Bertz CT molecular complexity index is 783. The molecule has 2 aromatic rings. The fourth-order valence-corrected chi connectivity index (χ4v) is 4.56. The predicted molar refractivity (Wildman–Crippen MR) is 115 cm³/mol. The maximum atomic E-state index is 13.9. The van der Waals surface area contributed by atoms with Crippen LogP contribution in [-0.4, -0.2) is 36.2 Å². The molecule has 150 valence electrons. The van der Waals surface area contributed by atoms with Gasteiger partial charge < -0.3 is 5.32 Å². The summed E-state index contributed by atoms with van der Waals surface area (Å²) in [5.41, 5.74) is 3.38. The van der Waals surface area contributed by atoms with Gasteiger partial charge in [0.05, 0.1) is 5.92 Å². The van der Waals surface area contributed by atoms with E-state index in [4.69, 9.17) is 0 Å². The van der Waals surface area contributed by atoms with Crippen molar-refractivity contribution in [2.75, 3.05) is 25.4 Å². The summed E-state index contributed by atoms with van der Waals surface area (Å²) in [5, 5.41) is 3.09. The Morgan fingerprint density at radius 3 is 2.71 bits per heavy atom. The lowest BCUT2D eigenvalue weighted by molar-refractivity contribution is -0.126. The molecule has 1 amide bonds. The second-order valence-corrected chi connectivity index (χ2v) is 8.54. The van der Waals surface area contributed by atoms with Crippen LogP contribution in [0.25, 0.3) is 0 Å². The second kappa shape index (κ2) is 10.6. The number of halogens is 1. The number of aryl methyl sites for hydroxylation is 1. The monoisotopic (exact) mass is 400 g/mol. The fourth-order valence-electron chi connectivity index (χ4n) is 3.63. The van der Waals surface area contributed by atoms with E-state index in [2.05, 4.69) is 41.4 Å². The Balaban J connectivity index is 1.38. The Labute approximate surface area is 171 Å². The van der Waals surface area contributed by atoms with Gasteiger partial charge in [-0.15, -0.1) is 0 Å². The van der Waals surface area contributed by atoms with Crippen LogP contribution in [0, 0.1) is 18.7 Å². The number of thioether (sulfide) groups is 1. The molecule has 0 radical (unpaired) electrons. The van der Waals surface area contributed by atoms with Gasteiger partial charge in [0, 0.05) is 36.7 Å². The molecular weight excluding hydrogens is 371 g/mol. The number of amides is 1. The molecule has 1 unspecified atom stereocenters. The van der Waals surface area contributed by atoms with E-state index in [1.165, 1.54) is 17.2 Å². The van der Waals surface area contributed by atoms with Crippen LogP contribution < -0.4 is 5.32 Å². The van der Waals surface area contributed by atoms with Crippen LogP contribution in [0.5, 0.6) is 0 Å². The molecular formula is C23H29FN2OS. The molecule has 0 aromatic heterocycles. The first-order chi connectivity index (χ1) is 13.6. The molecule has 2 aromatic carbocycles. The molecule has 3 rings (SSSR count). The van der Waals surface area contributed by atoms with E-state index < -0.39 is 0 Å². The number of benzene rings is 2. The third-order valence-corrected chi connectivity index (χ3v) is 6.30. The SMILES string of the molecule is Cc1ccccc1CSCCNC(=O)C1CCCN(Cc2ccccc2F)C1. The number of hydrogen-bond donors (Lipinski definition) is 1. The number of nitrogens with zero attached hydrogens (tertiary/aromatic N) is 1. The highest BCUT2D eigenvalue weighted by Crippen LogP contribution is 2.20. The summed E-state index contributed by atoms with van der Waals surface area (Å²) in [6.45, 7) is 5.02. The molecule has 0 bridgehead atoms. The van der Waals surface area contributed by atoms with Crippen molar-refractivity contribution in [2.24, 2.45) is 5.92 Å². The zero-order chi connectivity index (χ0) is 19.8. The number of carbonyl (C=O) groups excluding carboxylic acids is 1. The Morgan fingerprint density at radius 1 is 1.18 bits per heavy atom. The molecule has 1 N–H and O–H groups in total. The number of likely N-dealkylation sites (tertiary alicyclic amines) is 1. The Hall–Kier alpha value is -1.85. The third kappa shape index (κ3) is 6.08. The van der Waals surface area contributed by atoms with Gasteiger partial charge in [-0.2, -0.15) is 11.8 Å². The molecule has 3 nitrogen and oxygen atoms in total.